The highest BCUT2D eigenvalue weighted by Gasteiger charge is 2.12. The van der Waals surface area contributed by atoms with Gasteiger partial charge in [-0.1, -0.05) is 5.16 Å². The maximum absolute atomic E-state index is 12.5. The van der Waals surface area contributed by atoms with Crippen LogP contribution in [-0.2, 0) is 0 Å². The van der Waals surface area contributed by atoms with Crippen LogP contribution in [0.2, 0.25) is 0 Å². The van der Waals surface area contributed by atoms with E-state index in [9.17, 15) is 4.79 Å². The molecular formula is C21H22N4O2. The van der Waals surface area contributed by atoms with Crippen molar-refractivity contribution in [2.45, 2.75) is 26.2 Å². The first-order valence-electron chi connectivity index (χ1n) is 9.26. The monoisotopic (exact) mass is 362 g/mol. The average Bonchev–Trinajstić information content (AvgIpc) is 3.16. The van der Waals surface area contributed by atoms with E-state index >= 15 is 0 Å². The molecule has 0 radical (unpaired) electrons. The Balaban J connectivity index is 1.41. The Labute approximate surface area is 158 Å². The predicted molar refractivity (Wildman–Crippen MR) is 105 cm³/mol. The zero-order valence-electron chi connectivity index (χ0n) is 15.3. The zero-order chi connectivity index (χ0) is 18.6. The Morgan fingerprint density at radius 3 is 2.33 bits per heavy atom. The maximum Gasteiger partial charge on any atom is 0.257 e. The molecule has 1 aliphatic heterocycles. The standard InChI is InChI=1S/C21H22N4O2/c1-15-22-21(27-24-15)17-7-5-16(6-8-17)20(26)23-18-9-11-19(12-10-18)25-13-3-2-4-14-25/h5-12H,2-4,13-14H2,1H3,(H,23,26). The van der Waals surface area contributed by atoms with Crippen LogP contribution in [0, 0.1) is 6.92 Å². The Morgan fingerprint density at radius 1 is 1.00 bits per heavy atom. The Morgan fingerprint density at radius 2 is 1.70 bits per heavy atom. The summed E-state index contributed by atoms with van der Waals surface area (Å²) >= 11 is 0. The van der Waals surface area contributed by atoms with Crippen molar-refractivity contribution in [1.82, 2.24) is 10.1 Å². The Bertz CT molecular complexity index is 910. The summed E-state index contributed by atoms with van der Waals surface area (Å²) < 4.78 is 5.14. The number of nitrogens with one attached hydrogen (secondary N) is 1. The smallest absolute Gasteiger partial charge is 0.257 e. The third-order valence-electron chi connectivity index (χ3n) is 4.77. The topological polar surface area (TPSA) is 71.3 Å². The number of amides is 1. The van der Waals surface area contributed by atoms with E-state index in [1.165, 1.54) is 24.9 Å². The molecule has 0 unspecified atom stereocenters. The molecule has 6 heteroatoms. The van der Waals surface area contributed by atoms with Gasteiger partial charge in [-0.05, 0) is 74.7 Å². The van der Waals surface area contributed by atoms with Gasteiger partial charge in [0.1, 0.15) is 0 Å². The SMILES string of the molecule is Cc1noc(-c2ccc(C(=O)Nc3ccc(N4CCCCC4)cc3)cc2)n1. The lowest BCUT2D eigenvalue weighted by Crippen LogP contribution is -2.29. The van der Waals surface area contributed by atoms with Gasteiger partial charge in [0.05, 0.1) is 0 Å². The van der Waals surface area contributed by atoms with Gasteiger partial charge in [-0.15, -0.1) is 0 Å². The molecule has 138 valence electrons. The lowest BCUT2D eigenvalue weighted by Gasteiger charge is -2.28. The van der Waals surface area contributed by atoms with E-state index in [1.54, 1.807) is 31.2 Å². The number of benzene rings is 2. The first-order valence-corrected chi connectivity index (χ1v) is 9.26. The summed E-state index contributed by atoms with van der Waals surface area (Å²) in [5, 5.41) is 6.72. The number of piperidine rings is 1. The highest BCUT2D eigenvalue weighted by Crippen LogP contribution is 2.22. The molecule has 6 nitrogen and oxygen atoms in total. The van der Waals surface area contributed by atoms with Gasteiger partial charge in [-0.3, -0.25) is 4.79 Å². The molecular weight excluding hydrogens is 340 g/mol. The molecule has 27 heavy (non-hydrogen) atoms. The summed E-state index contributed by atoms with van der Waals surface area (Å²) in [6, 6.07) is 15.2. The normalized spacial score (nSPS) is 14.2. The van der Waals surface area contributed by atoms with E-state index in [2.05, 4.69) is 32.5 Å². The summed E-state index contributed by atoms with van der Waals surface area (Å²) in [5.74, 6) is 0.890. The number of anilines is 2. The molecule has 0 saturated carbocycles. The summed E-state index contributed by atoms with van der Waals surface area (Å²) in [7, 11) is 0. The molecule has 0 atom stereocenters. The van der Waals surface area contributed by atoms with Crippen LogP contribution in [0.4, 0.5) is 11.4 Å². The summed E-state index contributed by atoms with van der Waals surface area (Å²) in [6.07, 6.45) is 3.81. The number of carbonyl (C=O) groups excluding carboxylic acids is 1. The van der Waals surface area contributed by atoms with Crippen LogP contribution in [0.1, 0.15) is 35.4 Å². The van der Waals surface area contributed by atoms with Crippen molar-refractivity contribution >= 4 is 17.3 Å². The van der Waals surface area contributed by atoms with E-state index in [1.807, 2.05) is 12.1 Å². The van der Waals surface area contributed by atoms with Crippen molar-refractivity contribution in [1.29, 1.82) is 0 Å². The van der Waals surface area contributed by atoms with E-state index in [-0.39, 0.29) is 5.91 Å². The van der Waals surface area contributed by atoms with Crippen LogP contribution >= 0.6 is 0 Å². The molecule has 4 rings (SSSR count). The lowest BCUT2D eigenvalue weighted by molar-refractivity contribution is 0.102. The number of rotatable bonds is 4. The quantitative estimate of drug-likeness (QED) is 0.750. The van der Waals surface area contributed by atoms with E-state index in [0.717, 1.165) is 24.3 Å². The van der Waals surface area contributed by atoms with Gasteiger partial charge in [0.2, 0.25) is 0 Å². The van der Waals surface area contributed by atoms with Crippen LogP contribution in [0.5, 0.6) is 0 Å². The van der Waals surface area contributed by atoms with Crippen molar-refractivity contribution < 1.29 is 9.32 Å². The molecule has 1 fully saturated rings. The second-order valence-electron chi connectivity index (χ2n) is 6.77. The number of hydrogen-bond acceptors (Lipinski definition) is 5. The Kier molecular flexibility index (Phi) is 4.87. The van der Waals surface area contributed by atoms with Gasteiger partial charge in [-0.25, -0.2) is 0 Å². The molecule has 3 aromatic rings. The minimum Gasteiger partial charge on any atom is -0.372 e. The number of aromatic nitrogens is 2. The van der Waals surface area contributed by atoms with E-state index in [0.29, 0.717) is 17.3 Å². The van der Waals surface area contributed by atoms with Gasteiger partial charge in [0.25, 0.3) is 11.8 Å². The second kappa shape index (κ2) is 7.61. The number of nitrogens with zero attached hydrogens (tertiary/aromatic N) is 3. The van der Waals surface area contributed by atoms with Crippen molar-refractivity contribution in [3.05, 3.63) is 59.9 Å². The van der Waals surface area contributed by atoms with Crippen molar-refractivity contribution in [3.8, 4) is 11.5 Å². The molecule has 1 amide bonds. The summed E-state index contributed by atoms with van der Waals surface area (Å²) in [5.41, 5.74) is 3.37. The van der Waals surface area contributed by atoms with Crippen LogP contribution in [0.25, 0.3) is 11.5 Å². The largest absolute Gasteiger partial charge is 0.372 e. The minimum atomic E-state index is -0.144. The fourth-order valence-electron chi connectivity index (χ4n) is 3.29. The summed E-state index contributed by atoms with van der Waals surface area (Å²) in [4.78, 5) is 19.1. The zero-order valence-corrected chi connectivity index (χ0v) is 15.3. The van der Waals surface area contributed by atoms with Crippen molar-refractivity contribution in [3.63, 3.8) is 0 Å². The fourth-order valence-corrected chi connectivity index (χ4v) is 3.29. The fraction of sp³-hybridized carbons (Fsp3) is 0.286. The number of aryl methyl sites for hydroxylation is 1. The third-order valence-corrected chi connectivity index (χ3v) is 4.77. The van der Waals surface area contributed by atoms with Gasteiger partial charge >= 0.3 is 0 Å². The van der Waals surface area contributed by atoms with Crippen LogP contribution in [0.3, 0.4) is 0 Å². The van der Waals surface area contributed by atoms with E-state index < -0.39 is 0 Å². The number of hydrogen-bond donors (Lipinski definition) is 1. The molecule has 0 aliphatic carbocycles. The van der Waals surface area contributed by atoms with Gasteiger partial charge in [-0.2, -0.15) is 4.98 Å². The first kappa shape index (κ1) is 17.3. The second-order valence-corrected chi connectivity index (χ2v) is 6.77. The van der Waals surface area contributed by atoms with Crippen LogP contribution in [0.15, 0.2) is 53.1 Å². The molecule has 1 saturated heterocycles. The van der Waals surface area contributed by atoms with Gasteiger partial charge in [0.15, 0.2) is 5.82 Å². The Hall–Kier alpha value is -3.15. The first-order chi connectivity index (χ1) is 13.2. The highest BCUT2D eigenvalue weighted by atomic mass is 16.5. The van der Waals surface area contributed by atoms with Crippen molar-refractivity contribution in [2.24, 2.45) is 0 Å². The third kappa shape index (κ3) is 4.00. The van der Waals surface area contributed by atoms with Crippen LogP contribution < -0.4 is 10.2 Å². The maximum atomic E-state index is 12.5. The van der Waals surface area contributed by atoms with Crippen molar-refractivity contribution in [2.75, 3.05) is 23.3 Å². The van der Waals surface area contributed by atoms with Crippen LogP contribution in [-0.4, -0.2) is 29.1 Å². The molecule has 0 spiro atoms. The van der Waals surface area contributed by atoms with E-state index in [4.69, 9.17) is 4.52 Å². The molecule has 1 aromatic heterocycles. The highest BCUT2D eigenvalue weighted by molar-refractivity contribution is 6.04. The molecule has 2 aromatic carbocycles. The predicted octanol–water partition coefficient (Wildman–Crippen LogP) is 4.29. The lowest BCUT2D eigenvalue weighted by atomic mass is 10.1. The van der Waals surface area contributed by atoms with Gasteiger partial charge < -0.3 is 14.7 Å². The van der Waals surface area contributed by atoms with Gasteiger partial charge in [0, 0.05) is 35.6 Å². The minimum absolute atomic E-state index is 0.144. The summed E-state index contributed by atoms with van der Waals surface area (Å²) in [6.45, 7) is 3.99. The molecule has 1 N–H and O–H groups in total. The molecule has 0 bridgehead atoms. The average molecular weight is 362 g/mol. The molecule has 2 heterocycles. The number of carbonyl (C=O) groups is 1. The molecule has 1 aliphatic rings.